The van der Waals surface area contributed by atoms with Crippen LogP contribution in [0.15, 0.2) is 28.7 Å². The fourth-order valence-corrected chi connectivity index (χ4v) is 3.45. The predicted molar refractivity (Wildman–Crippen MR) is 106 cm³/mol. The SMILES string of the molecule is CC(CC(=O)NCCNC(=O)c1cccc(Br)c1)C1CCNCC1.Cl. The molecular formula is C18H27BrClN3O2. The molecule has 25 heavy (non-hydrogen) atoms. The van der Waals surface area contributed by atoms with Crippen molar-refractivity contribution in [2.45, 2.75) is 26.2 Å². The summed E-state index contributed by atoms with van der Waals surface area (Å²) in [6.45, 7) is 5.15. The molecule has 2 amide bonds. The van der Waals surface area contributed by atoms with E-state index in [1.54, 1.807) is 12.1 Å². The molecule has 1 aromatic rings. The first-order valence-corrected chi connectivity index (χ1v) is 9.36. The van der Waals surface area contributed by atoms with E-state index in [4.69, 9.17) is 0 Å². The van der Waals surface area contributed by atoms with Crippen LogP contribution in [0.5, 0.6) is 0 Å². The van der Waals surface area contributed by atoms with Crippen LogP contribution in [0.4, 0.5) is 0 Å². The van der Waals surface area contributed by atoms with Gasteiger partial charge in [-0.15, -0.1) is 12.4 Å². The zero-order valence-electron chi connectivity index (χ0n) is 14.5. The van der Waals surface area contributed by atoms with Crippen LogP contribution in [0.2, 0.25) is 0 Å². The van der Waals surface area contributed by atoms with Crippen molar-refractivity contribution in [3.8, 4) is 0 Å². The third-order valence-electron chi connectivity index (χ3n) is 4.52. The molecule has 1 aromatic carbocycles. The minimum atomic E-state index is -0.131. The topological polar surface area (TPSA) is 70.2 Å². The maximum atomic E-state index is 12.0. The van der Waals surface area contributed by atoms with Gasteiger partial charge in [0.15, 0.2) is 0 Å². The van der Waals surface area contributed by atoms with Crippen molar-refractivity contribution < 1.29 is 9.59 Å². The van der Waals surface area contributed by atoms with Crippen molar-refractivity contribution in [3.63, 3.8) is 0 Å². The molecule has 1 aliphatic heterocycles. The zero-order valence-corrected chi connectivity index (χ0v) is 16.9. The van der Waals surface area contributed by atoms with E-state index in [0.29, 0.717) is 36.9 Å². The molecule has 1 fully saturated rings. The molecule has 0 bridgehead atoms. The second kappa shape index (κ2) is 11.5. The molecule has 7 heteroatoms. The summed E-state index contributed by atoms with van der Waals surface area (Å²) in [5.74, 6) is 0.975. The van der Waals surface area contributed by atoms with Crippen LogP contribution < -0.4 is 16.0 Å². The molecule has 0 aromatic heterocycles. The number of piperidine rings is 1. The first-order chi connectivity index (χ1) is 11.6. The largest absolute Gasteiger partial charge is 0.354 e. The average molecular weight is 433 g/mol. The molecule has 0 saturated carbocycles. The zero-order chi connectivity index (χ0) is 17.4. The Labute approximate surface area is 164 Å². The van der Waals surface area contributed by atoms with Crippen molar-refractivity contribution >= 4 is 40.2 Å². The van der Waals surface area contributed by atoms with Gasteiger partial charge in [0.2, 0.25) is 5.91 Å². The van der Waals surface area contributed by atoms with Crippen molar-refractivity contribution in [1.29, 1.82) is 0 Å². The normalized spacial score (nSPS) is 15.8. The lowest BCUT2D eigenvalue weighted by Gasteiger charge is -2.27. The van der Waals surface area contributed by atoms with E-state index >= 15 is 0 Å². The van der Waals surface area contributed by atoms with Crippen molar-refractivity contribution in [2.24, 2.45) is 11.8 Å². The van der Waals surface area contributed by atoms with E-state index in [1.165, 1.54) is 0 Å². The highest BCUT2D eigenvalue weighted by molar-refractivity contribution is 9.10. The van der Waals surface area contributed by atoms with E-state index < -0.39 is 0 Å². The number of amides is 2. The van der Waals surface area contributed by atoms with E-state index in [0.717, 1.165) is 30.4 Å². The van der Waals surface area contributed by atoms with Gasteiger partial charge in [-0.05, 0) is 56.0 Å². The number of carbonyl (C=O) groups is 2. The third kappa shape index (κ3) is 7.75. The van der Waals surface area contributed by atoms with Gasteiger partial charge in [0, 0.05) is 29.5 Å². The summed E-state index contributed by atoms with van der Waals surface area (Å²) in [5, 5.41) is 9.06. The van der Waals surface area contributed by atoms with Crippen molar-refractivity contribution in [2.75, 3.05) is 26.2 Å². The smallest absolute Gasteiger partial charge is 0.251 e. The molecule has 140 valence electrons. The van der Waals surface area contributed by atoms with Crippen LogP contribution in [0, 0.1) is 11.8 Å². The van der Waals surface area contributed by atoms with Crippen LogP contribution in [0.1, 0.15) is 36.5 Å². The van der Waals surface area contributed by atoms with E-state index in [9.17, 15) is 9.59 Å². The summed E-state index contributed by atoms with van der Waals surface area (Å²) in [6, 6.07) is 7.23. The lowest BCUT2D eigenvalue weighted by molar-refractivity contribution is -0.122. The Morgan fingerprint density at radius 3 is 2.60 bits per heavy atom. The molecule has 2 rings (SSSR count). The van der Waals surface area contributed by atoms with Gasteiger partial charge in [-0.1, -0.05) is 28.9 Å². The molecule has 1 saturated heterocycles. The van der Waals surface area contributed by atoms with E-state index in [-0.39, 0.29) is 24.2 Å². The Morgan fingerprint density at radius 1 is 1.24 bits per heavy atom. The monoisotopic (exact) mass is 431 g/mol. The molecular weight excluding hydrogens is 406 g/mol. The lowest BCUT2D eigenvalue weighted by atomic mass is 9.84. The minimum Gasteiger partial charge on any atom is -0.354 e. The lowest BCUT2D eigenvalue weighted by Crippen LogP contribution is -2.36. The number of carbonyl (C=O) groups excluding carboxylic acids is 2. The van der Waals surface area contributed by atoms with Gasteiger partial charge in [-0.2, -0.15) is 0 Å². The summed E-state index contributed by atoms with van der Waals surface area (Å²) < 4.78 is 0.871. The van der Waals surface area contributed by atoms with Crippen LogP contribution in [0.3, 0.4) is 0 Å². The highest BCUT2D eigenvalue weighted by atomic mass is 79.9. The van der Waals surface area contributed by atoms with Gasteiger partial charge in [-0.25, -0.2) is 0 Å². The fourth-order valence-electron chi connectivity index (χ4n) is 3.05. The van der Waals surface area contributed by atoms with Gasteiger partial charge in [0.25, 0.3) is 5.91 Å². The number of nitrogens with one attached hydrogen (secondary N) is 3. The Balaban J connectivity index is 0.00000312. The Kier molecular flexibility index (Phi) is 10.1. The fraction of sp³-hybridized carbons (Fsp3) is 0.556. The quantitative estimate of drug-likeness (QED) is 0.580. The van der Waals surface area contributed by atoms with Crippen LogP contribution in [-0.2, 0) is 4.79 Å². The number of hydrogen-bond donors (Lipinski definition) is 3. The summed E-state index contributed by atoms with van der Waals surface area (Å²) in [6.07, 6.45) is 2.86. The standard InChI is InChI=1S/C18H26BrN3O2.ClH/c1-13(14-5-7-20-8-6-14)11-17(23)21-9-10-22-18(24)15-3-2-4-16(19)12-15;/h2-4,12-14,20H,5-11H2,1H3,(H,21,23)(H,22,24);1H. The minimum absolute atomic E-state index is 0. The molecule has 1 atom stereocenters. The number of halogens is 2. The Morgan fingerprint density at radius 2 is 1.92 bits per heavy atom. The summed E-state index contributed by atoms with van der Waals surface area (Å²) in [4.78, 5) is 24.0. The van der Waals surface area contributed by atoms with Crippen LogP contribution in [-0.4, -0.2) is 38.0 Å². The second-order valence-corrected chi connectivity index (χ2v) is 7.30. The third-order valence-corrected chi connectivity index (χ3v) is 5.01. The van der Waals surface area contributed by atoms with E-state index in [2.05, 4.69) is 38.8 Å². The van der Waals surface area contributed by atoms with Crippen molar-refractivity contribution in [1.82, 2.24) is 16.0 Å². The Hall–Kier alpha value is -1.11. The molecule has 0 spiro atoms. The van der Waals surface area contributed by atoms with Crippen LogP contribution in [0.25, 0.3) is 0 Å². The van der Waals surface area contributed by atoms with E-state index in [1.807, 2.05) is 12.1 Å². The summed E-state index contributed by atoms with van der Waals surface area (Å²) in [7, 11) is 0. The van der Waals surface area contributed by atoms with Gasteiger partial charge < -0.3 is 16.0 Å². The maximum absolute atomic E-state index is 12.0. The number of rotatable bonds is 7. The predicted octanol–water partition coefficient (Wildman–Crippen LogP) is 2.74. The van der Waals surface area contributed by atoms with Gasteiger partial charge >= 0.3 is 0 Å². The maximum Gasteiger partial charge on any atom is 0.251 e. The molecule has 1 unspecified atom stereocenters. The summed E-state index contributed by atoms with van der Waals surface area (Å²) >= 11 is 3.35. The van der Waals surface area contributed by atoms with Crippen molar-refractivity contribution in [3.05, 3.63) is 34.3 Å². The highest BCUT2D eigenvalue weighted by Gasteiger charge is 2.21. The molecule has 1 heterocycles. The average Bonchev–Trinajstić information content (AvgIpc) is 2.59. The molecule has 5 nitrogen and oxygen atoms in total. The van der Waals surface area contributed by atoms with Crippen LogP contribution >= 0.6 is 28.3 Å². The molecule has 1 aliphatic rings. The van der Waals surface area contributed by atoms with Gasteiger partial charge in [-0.3, -0.25) is 9.59 Å². The second-order valence-electron chi connectivity index (χ2n) is 6.39. The highest BCUT2D eigenvalue weighted by Crippen LogP contribution is 2.24. The first kappa shape index (κ1) is 21.9. The molecule has 0 radical (unpaired) electrons. The molecule has 3 N–H and O–H groups in total. The Bertz CT molecular complexity index is 565. The van der Waals surface area contributed by atoms with Gasteiger partial charge in [0.05, 0.1) is 0 Å². The number of hydrogen-bond acceptors (Lipinski definition) is 3. The van der Waals surface area contributed by atoms with Gasteiger partial charge in [0.1, 0.15) is 0 Å². The molecule has 0 aliphatic carbocycles. The summed E-state index contributed by atoms with van der Waals surface area (Å²) in [5.41, 5.74) is 0.607. The first-order valence-electron chi connectivity index (χ1n) is 8.57. The number of benzene rings is 1.